The molecule has 0 saturated heterocycles. The van der Waals surface area contributed by atoms with Gasteiger partial charge in [-0.05, 0) is 42.5 Å². The minimum atomic E-state index is 0. The Morgan fingerprint density at radius 1 is 1.33 bits per heavy atom. The first-order chi connectivity index (χ1) is 11.1. The highest BCUT2D eigenvalue weighted by atomic mass is 127. The third-order valence-corrected chi connectivity index (χ3v) is 3.98. The number of aryl methyl sites for hydroxylation is 2. The van der Waals surface area contributed by atoms with Gasteiger partial charge in [0.15, 0.2) is 11.8 Å². The summed E-state index contributed by atoms with van der Waals surface area (Å²) < 4.78 is 5.18. The van der Waals surface area contributed by atoms with Gasteiger partial charge in [-0.25, -0.2) is 0 Å². The maximum atomic E-state index is 5.94. The van der Waals surface area contributed by atoms with Crippen molar-refractivity contribution in [2.45, 2.75) is 45.4 Å². The van der Waals surface area contributed by atoms with Crippen molar-refractivity contribution in [2.24, 2.45) is 10.7 Å². The van der Waals surface area contributed by atoms with E-state index in [4.69, 9.17) is 10.3 Å². The summed E-state index contributed by atoms with van der Waals surface area (Å²) in [5, 5.41) is 7.08. The van der Waals surface area contributed by atoms with Crippen LogP contribution in [0.2, 0.25) is 0 Å². The quantitative estimate of drug-likeness (QED) is 0.423. The lowest BCUT2D eigenvalue weighted by Gasteiger charge is -2.07. The second kappa shape index (κ2) is 8.46. The highest BCUT2D eigenvalue weighted by molar-refractivity contribution is 14.0. The van der Waals surface area contributed by atoms with Crippen LogP contribution < -0.4 is 11.1 Å². The van der Waals surface area contributed by atoms with Crippen molar-refractivity contribution < 1.29 is 4.52 Å². The molecule has 0 amide bonds. The maximum Gasteiger partial charge on any atom is 0.228 e. The third kappa shape index (κ3) is 4.68. The molecule has 3 rings (SSSR count). The van der Waals surface area contributed by atoms with Gasteiger partial charge in [0, 0.05) is 18.0 Å². The smallest absolute Gasteiger partial charge is 0.228 e. The van der Waals surface area contributed by atoms with Crippen LogP contribution in [-0.4, -0.2) is 22.6 Å². The molecule has 7 heteroatoms. The molecule has 3 N–H and O–H groups in total. The van der Waals surface area contributed by atoms with Crippen molar-refractivity contribution in [1.29, 1.82) is 0 Å². The van der Waals surface area contributed by atoms with E-state index in [2.05, 4.69) is 38.6 Å². The Hall–Kier alpha value is -1.64. The van der Waals surface area contributed by atoms with Gasteiger partial charge in [0.05, 0.1) is 6.54 Å². The molecule has 0 fully saturated rings. The van der Waals surface area contributed by atoms with E-state index in [1.807, 2.05) is 13.8 Å². The topological polar surface area (TPSA) is 89.3 Å². The lowest BCUT2D eigenvalue weighted by atomic mass is 10.1. The second-order valence-corrected chi connectivity index (χ2v) is 6.18. The van der Waals surface area contributed by atoms with Crippen LogP contribution in [0.25, 0.3) is 0 Å². The Bertz CT molecular complexity index is 711. The maximum absolute atomic E-state index is 5.94. The van der Waals surface area contributed by atoms with E-state index >= 15 is 0 Å². The minimum absolute atomic E-state index is 0. The minimum Gasteiger partial charge on any atom is -0.370 e. The SMILES string of the molecule is CC(C)c1noc(CCN=C(N)Nc2ccc3c(c2)CCC3)n1.I. The Balaban J connectivity index is 0.00000208. The highest BCUT2D eigenvalue weighted by Gasteiger charge is 2.11. The van der Waals surface area contributed by atoms with E-state index in [0.29, 0.717) is 24.8 Å². The van der Waals surface area contributed by atoms with Crippen molar-refractivity contribution in [1.82, 2.24) is 10.1 Å². The van der Waals surface area contributed by atoms with Crippen molar-refractivity contribution >= 4 is 35.6 Å². The van der Waals surface area contributed by atoms with Crippen LogP contribution in [-0.2, 0) is 19.3 Å². The largest absolute Gasteiger partial charge is 0.370 e. The Morgan fingerprint density at radius 3 is 2.88 bits per heavy atom. The summed E-state index contributed by atoms with van der Waals surface area (Å²) in [6, 6.07) is 6.39. The lowest BCUT2D eigenvalue weighted by Crippen LogP contribution is -2.23. The number of halogens is 1. The average molecular weight is 441 g/mol. The van der Waals surface area contributed by atoms with Gasteiger partial charge < -0.3 is 15.6 Å². The standard InChI is InChI=1S/C17H23N5O.HI/c1-11(2)16-21-15(23-22-16)8-9-19-17(18)20-14-7-6-12-4-3-5-13(12)10-14;/h6-7,10-11H,3-5,8-9H2,1-2H3,(H3,18,19,20);1H. The number of hydrogen-bond donors (Lipinski definition) is 2. The summed E-state index contributed by atoms with van der Waals surface area (Å²) in [7, 11) is 0. The molecule has 0 saturated carbocycles. The van der Waals surface area contributed by atoms with Crippen LogP contribution >= 0.6 is 24.0 Å². The Morgan fingerprint density at radius 2 is 2.12 bits per heavy atom. The third-order valence-electron chi connectivity index (χ3n) is 3.98. The van der Waals surface area contributed by atoms with Gasteiger partial charge in [0.25, 0.3) is 0 Å². The molecule has 0 aliphatic heterocycles. The first kappa shape index (κ1) is 18.7. The molecular weight excluding hydrogens is 417 g/mol. The molecule has 0 unspecified atom stereocenters. The molecule has 1 aliphatic carbocycles. The van der Waals surface area contributed by atoms with Crippen LogP contribution in [0, 0.1) is 0 Å². The second-order valence-electron chi connectivity index (χ2n) is 6.18. The number of nitrogens with one attached hydrogen (secondary N) is 1. The molecule has 1 aromatic carbocycles. The number of nitrogens with two attached hydrogens (primary N) is 1. The Kier molecular flexibility index (Phi) is 6.59. The average Bonchev–Trinajstić information content (AvgIpc) is 3.15. The summed E-state index contributed by atoms with van der Waals surface area (Å²) in [6.07, 6.45) is 4.16. The van der Waals surface area contributed by atoms with Gasteiger partial charge in [0.1, 0.15) is 0 Å². The van der Waals surface area contributed by atoms with Crippen molar-refractivity contribution in [2.75, 3.05) is 11.9 Å². The molecular formula is C17H24IN5O. The molecule has 0 bridgehead atoms. The summed E-state index contributed by atoms with van der Waals surface area (Å²) in [4.78, 5) is 8.64. The van der Waals surface area contributed by atoms with Gasteiger partial charge in [0.2, 0.25) is 5.89 Å². The van der Waals surface area contributed by atoms with E-state index in [1.165, 1.54) is 24.0 Å². The van der Waals surface area contributed by atoms with Gasteiger partial charge in [-0.3, -0.25) is 4.99 Å². The fourth-order valence-electron chi connectivity index (χ4n) is 2.71. The number of hydrogen-bond acceptors (Lipinski definition) is 4. The molecule has 1 heterocycles. The molecule has 1 aromatic heterocycles. The van der Waals surface area contributed by atoms with Crippen LogP contribution in [0.4, 0.5) is 5.69 Å². The first-order valence-corrected chi connectivity index (χ1v) is 8.13. The number of aromatic nitrogens is 2. The van der Waals surface area contributed by atoms with Crippen molar-refractivity contribution in [3.05, 3.63) is 41.0 Å². The number of fused-ring (bicyclic) bond motifs is 1. The van der Waals surface area contributed by atoms with E-state index in [0.717, 1.165) is 17.9 Å². The number of nitrogens with zero attached hydrogens (tertiary/aromatic N) is 3. The molecule has 24 heavy (non-hydrogen) atoms. The fraction of sp³-hybridized carbons (Fsp3) is 0.471. The normalized spacial score (nSPS) is 13.7. The zero-order chi connectivity index (χ0) is 16.2. The lowest BCUT2D eigenvalue weighted by molar-refractivity contribution is 0.372. The molecule has 0 spiro atoms. The van der Waals surface area contributed by atoms with Crippen molar-refractivity contribution in [3.63, 3.8) is 0 Å². The van der Waals surface area contributed by atoms with Gasteiger partial charge in [-0.2, -0.15) is 4.98 Å². The van der Waals surface area contributed by atoms with E-state index in [9.17, 15) is 0 Å². The van der Waals surface area contributed by atoms with Gasteiger partial charge >= 0.3 is 0 Å². The monoisotopic (exact) mass is 441 g/mol. The van der Waals surface area contributed by atoms with Crippen LogP contribution in [0.1, 0.15) is 49.0 Å². The molecule has 130 valence electrons. The number of guanidine groups is 1. The highest BCUT2D eigenvalue weighted by Crippen LogP contribution is 2.24. The number of benzene rings is 1. The fourth-order valence-corrected chi connectivity index (χ4v) is 2.71. The zero-order valence-electron chi connectivity index (χ0n) is 14.1. The Labute approximate surface area is 159 Å². The summed E-state index contributed by atoms with van der Waals surface area (Å²) in [5.41, 5.74) is 9.79. The summed E-state index contributed by atoms with van der Waals surface area (Å²) in [6.45, 7) is 4.58. The molecule has 0 radical (unpaired) electrons. The molecule has 1 aliphatic rings. The van der Waals surface area contributed by atoms with Gasteiger partial charge in [-0.15, -0.1) is 24.0 Å². The number of rotatable bonds is 5. The van der Waals surface area contributed by atoms with Crippen molar-refractivity contribution in [3.8, 4) is 0 Å². The van der Waals surface area contributed by atoms with Crippen LogP contribution in [0.5, 0.6) is 0 Å². The summed E-state index contributed by atoms with van der Waals surface area (Å²) in [5.74, 6) is 2.00. The predicted octanol–water partition coefficient (Wildman–Crippen LogP) is 3.27. The zero-order valence-corrected chi connectivity index (χ0v) is 16.4. The summed E-state index contributed by atoms with van der Waals surface area (Å²) >= 11 is 0. The number of aliphatic imine (C=N–C) groups is 1. The van der Waals surface area contributed by atoms with E-state index in [-0.39, 0.29) is 29.9 Å². The first-order valence-electron chi connectivity index (χ1n) is 8.13. The molecule has 6 nitrogen and oxygen atoms in total. The van der Waals surface area contributed by atoms with Gasteiger partial charge in [-0.1, -0.05) is 25.1 Å². The predicted molar refractivity (Wildman–Crippen MR) is 106 cm³/mol. The molecule has 2 aromatic rings. The molecule has 0 atom stereocenters. The van der Waals surface area contributed by atoms with Crippen LogP contribution in [0.3, 0.4) is 0 Å². The van der Waals surface area contributed by atoms with E-state index < -0.39 is 0 Å². The van der Waals surface area contributed by atoms with E-state index in [1.54, 1.807) is 0 Å². The number of anilines is 1. The van der Waals surface area contributed by atoms with Crippen LogP contribution in [0.15, 0.2) is 27.7 Å².